The molecule has 0 bridgehead atoms. The van der Waals surface area contributed by atoms with E-state index in [1.807, 2.05) is 24.3 Å². The molecule has 0 saturated heterocycles. The molecule has 18 heavy (non-hydrogen) atoms. The van der Waals surface area contributed by atoms with Gasteiger partial charge in [0.15, 0.2) is 0 Å². The fourth-order valence-corrected chi connectivity index (χ4v) is 2.20. The Bertz CT molecular complexity index is 509. The zero-order valence-corrected chi connectivity index (χ0v) is 10.7. The van der Waals surface area contributed by atoms with Gasteiger partial charge in [0.1, 0.15) is 12.5 Å². The predicted molar refractivity (Wildman–Crippen MR) is 72.9 cm³/mol. The van der Waals surface area contributed by atoms with Crippen LogP contribution in [0.25, 0.3) is 10.8 Å². The Balaban J connectivity index is 2.36. The first-order valence-electron chi connectivity index (χ1n) is 6.18. The summed E-state index contributed by atoms with van der Waals surface area (Å²) in [7, 11) is 0. The lowest BCUT2D eigenvalue weighted by Crippen LogP contribution is -2.39. The first-order valence-corrected chi connectivity index (χ1v) is 6.18. The van der Waals surface area contributed by atoms with Gasteiger partial charge >= 0.3 is 0 Å². The molecule has 96 valence electrons. The highest BCUT2D eigenvalue weighted by atomic mass is 16.3. The second kappa shape index (κ2) is 5.48. The lowest BCUT2D eigenvalue weighted by atomic mass is 10.0. The maximum absolute atomic E-state index is 9.68. The van der Waals surface area contributed by atoms with E-state index in [2.05, 4.69) is 18.2 Å². The molecule has 2 atom stereocenters. The van der Waals surface area contributed by atoms with Crippen LogP contribution in [-0.2, 0) is 6.54 Å². The Kier molecular flexibility index (Phi) is 3.97. The van der Waals surface area contributed by atoms with E-state index in [0.29, 0.717) is 6.54 Å². The molecule has 2 rings (SSSR count). The van der Waals surface area contributed by atoms with Crippen LogP contribution in [0.2, 0.25) is 0 Å². The second-order valence-corrected chi connectivity index (χ2v) is 4.57. The van der Waals surface area contributed by atoms with E-state index in [1.165, 1.54) is 5.39 Å². The number of benzene rings is 2. The molecule has 2 N–H and O–H groups in total. The van der Waals surface area contributed by atoms with E-state index in [-0.39, 0.29) is 0 Å². The average Bonchev–Trinajstić information content (AvgIpc) is 2.35. The summed E-state index contributed by atoms with van der Waals surface area (Å²) >= 11 is 0. The summed E-state index contributed by atoms with van der Waals surface area (Å²) in [4.78, 5) is 1.64. The van der Waals surface area contributed by atoms with Gasteiger partial charge in [0.25, 0.3) is 0 Å². The van der Waals surface area contributed by atoms with Gasteiger partial charge < -0.3 is 10.2 Å². The minimum Gasteiger partial charge on any atom is -0.379 e. The fourth-order valence-electron chi connectivity index (χ4n) is 2.20. The highest BCUT2D eigenvalue weighted by Gasteiger charge is 2.17. The van der Waals surface area contributed by atoms with Crippen molar-refractivity contribution in [3.8, 4) is 0 Å². The third kappa shape index (κ3) is 2.70. The highest BCUT2D eigenvalue weighted by Crippen LogP contribution is 2.21. The normalized spacial score (nSPS) is 14.9. The van der Waals surface area contributed by atoms with Gasteiger partial charge in [0.05, 0.1) is 0 Å². The molecule has 0 radical (unpaired) electrons. The molecule has 0 spiro atoms. The van der Waals surface area contributed by atoms with Crippen molar-refractivity contribution in [3.05, 3.63) is 48.0 Å². The Morgan fingerprint density at radius 1 is 0.944 bits per heavy atom. The Morgan fingerprint density at radius 3 is 2.22 bits per heavy atom. The van der Waals surface area contributed by atoms with Gasteiger partial charge in [-0.1, -0.05) is 42.5 Å². The summed E-state index contributed by atoms with van der Waals surface area (Å²) in [6.07, 6.45) is -1.35. The summed E-state index contributed by atoms with van der Waals surface area (Å²) in [6.45, 7) is 3.85. The summed E-state index contributed by atoms with van der Waals surface area (Å²) in [5, 5.41) is 21.7. The molecular formula is C15H19NO2. The van der Waals surface area contributed by atoms with Crippen LogP contribution in [0.5, 0.6) is 0 Å². The monoisotopic (exact) mass is 245 g/mol. The van der Waals surface area contributed by atoms with Crippen LogP contribution in [-0.4, -0.2) is 27.6 Å². The topological polar surface area (TPSA) is 43.7 Å². The molecular weight excluding hydrogens is 226 g/mol. The Hall–Kier alpha value is -1.42. The first kappa shape index (κ1) is 13.0. The van der Waals surface area contributed by atoms with Gasteiger partial charge in [-0.2, -0.15) is 0 Å². The van der Waals surface area contributed by atoms with Crippen LogP contribution in [0.3, 0.4) is 0 Å². The van der Waals surface area contributed by atoms with Crippen LogP contribution in [0.15, 0.2) is 42.5 Å². The molecule has 0 amide bonds. The highest BCUT2D eigenvalue weighted by molar-refractivity contribution is 5.85. The average molecular weight is 245 g/mol. The molecule has 0 heterocycles. The third-order valence-electron chi connectivity index (χ3n) is 3.19. The SMILES string of the molecule is CC(O)N(Cc1cccc2ccccc12)C(C)O. The smallest absolute Gasteiger partial charge is 0.106 e. The third-order valence-corrected chi connectivity index (χ3v) is 3.19. The number of fused-ring (bicyclic) bond motifs is 1. The van der Waals surface area contributed by atoms with Crippen molar-refractivity contribution in [3.63, 3.8) is 0 Å². The number of hydrogen-bond acceptors (Lipinski definition) is 3. The lowest BCUT2D eigenvalue weighted by Gasteiger charge is -2.28. The molecule has 3 heteroatoms. The molecule has 0 saturated carbocycles. The van der Waals surface area contributed by atoms with Crippen molar-refractivity contribution in [2.24, 2.45) is 0 Å². The minimum absolute atomic E-state index is 0.524. The van der Waals surface area contributed by atoms with Crippen molar-refractivity contribution in [2.45, 2.75) is 32.8 Å². The van der Waals surface area contributed by atoms with Gasteiger partial charge in [-0.15, -0.1) is 0 Å². The molecule has 2 aromatic carbocycles. The first-order chi connectivity index (χ1) is 8.59. The van der Waals surface area contributed by atoms with Gasteiger partial charge in [-0.3, -0.25) is 0 Å². The number of hydrogen-bond donors (Lipinski definition) is 2. The number of aliphatic hydroxyl groups is 2. The molecule has 3 nitrogen and oxygen atoms in total. The van der Waals surface area contributed by atoms with Crippen LogP contribution in [0.4, 0.5) is 0 Å². The molecule has 0 aliphatic heterocycles. The maximum atomic E-state index is 9.68. The zero-order valence-electron chi connectivity index (χ0n) is 10.7. The van der Waals surface area contributed by atoms with Gasteiger partial charge in [0, 0.05) is 6.54 Å². The number of aliphatic hydroxyl groups excluding tert-OH is 2. The van der Waals surface area contributed by atoms with Crippen molar-refractivity contribution in [2.75, 3.05) is 0 Å². The van der Waals surface area contributed by atoms with Crippen LogP contribution >= 0.6 is 0 Å². The van der Waals surface area contributed by atoms with E-state index in [9.17, 15) is 10.2 Å². The molecule has 0 aromatic heterocycles. The lowest BCUT2D eigenvalue weighted by molar-refractivity contribution is -0.0895. The van der Waals surface area contributed by atoms with E-state index < -0.39 is 12.5 Å². The minimum atomic E-state index is -0.677. The zero-order chi connectivity index (χ0) is 13.1. The van der Waals surface area contributed by atoms with Gasteiger partial charge in [-0.25, -0.2) is 4.90 Å². The Labute approximate surface area is 107 Å². The van der Waals surface area contributed by atoms with Crippen molar-refractivity contribution < 1.29 is 10.2 Å². The van der Waals surface area contributed by atoms with Gasteiger partial charge in [0.2, 0.25) is 0 Å². The van der Waals surface area contributed by atoms with Crippen molar-refractivity contribution in [1.29, 1.82) is 0 Å². The Morgan fingerprint density at radius 2 is 1.56 bits per heavy atom. The van der Waals surface area contributed by atoms with E-state index in [4.69, 9.17) is 0 Å². The quantitative estimate of drug-likeness (QED) is 0.812. The van der Waals surface area contributed by atoms with E-state index in [1.54, 1.807) is 18.7 Å². The molecule has 0 aliphatic rings. The van der Waals surface area contributed by atoms with E-state index >= 15 is 0 Å². The maximum Gasteiger partial charge on any atom is 0.106 e. The van der Waals surface area contributed by atoms with Crippen LogP contribution < -0.4 is 0 Å². The van der Waals surface area contributed by atoms with Crippen LogP contribution in [0.1, 0.15) is 19.4 Å². The molecule has 2 unspecified atom stereocenters. The number of nitrogens with zero attached hydrogens (tertiary/aromatic N) is 1. The molecule has 2 aromatic rings. The molecule has 0 aliphatic carbocycles. The van der Waals surface area contributed by atoms with E-state index in [0.717, 1.165) is 10.9 Å². The summed E-state index contributed by atoms with van der Waals surface area (Å²) in [5.41, 5.74) is 1.11. The second-order valence-electron chi connectivity index (χ2n) is 4.57. The molecule has 0 fully saturated rings. The largest absolute Gasteiger partial charge is 0.379 e. The van der Waals surface area contributed by atoms with Crippen LogP contribution in [0, 0.1) is 0 Å². The van der Waals surface area contributed by atoms with Crippen molar-refractivity contribution >= 4 is 10.8 Å². The van der Waals surface area contributed by atoms with Crippen molar-refractivity contribution in [1.82, 2.24) is 4.90 Å². The number of rotatable bonds is 4. The predicted octanol–water partition coefficient (Wildman–Crippen LogP) is 2.32. The summed E-state index contributed by atoms with van der Waals surface area (Å²) < 4.78 is 0. The summed E-state index contributed by atoms with van der Waals surface area (Å²) in [5.74, 6) is 0. The standard InChI is InChI=1S/C15H19NO2/c1-11(17)16(12(2)18)10-14-8-5-7-13-6-3-4-9-15(13)14/h3-9,11-12,17-18H,10H2,1-2H3. The fraction of sp³-hybridized carbons (Fsp3) is 0.333. The summed E-state index contributed by atoms with van der Waals surface area (Å²) in [6, 6.07) is 14.2. The van der Waals surface area contributed by atoms with Gasteiger partial charge in [-0.05, 0) is 30.2 Å².